The molecule has 0 bridgehead atoms. The van der Waals surface area contributed by atoms with Crippen molar-refractivity contribution in [3.63, 3.8) is 0 Å². The van der Waals surface area contributed by atoms with Crippen LogP contribution in [0, 0.1) is 28.6 Å². The second kappa shape index (κ2) is 7.31. The Hall–Kier alpha value is -1.38. The van der Waals surface area contributed by atoms with E-state index in [-0.39, 0.29) is 17.0 Å². The van der Waals surface area contributed by atoms with Crippen LogP contribution in [-0.4, -0.2) is 56.6 Å². The summed E-state index contributed by atoms with van der Waals surface area (Å²) in [6.07, 6.45) is 3.60. The van der Waals surface area contributed by atoms with Gasteiger partial charge in [0.25, 0.3) is 0 Å². The van der Waals surface area contributed by atoms with Gasteiger partial charge in [-0.2, -0.15) is 0 Å². The Bertz CT molecular complexity index is 947. The fraction of sp³-hybridized carbons (Fsp3) is 0.708. The molecule has 4 aliphatic rings. The van der Waals surface area contributed by atoms with Crippen molar-refractivity contribution in [2.24, 2.45) is 28.6 Å². The van der Waals surface area contributed by atoms with Gasteiger partial charge in [0.05, 0.1) is 6.10 Å². The molecule has 0 aromatic heterocycles. The van der Waals surface area contributed by atoms with Crippen molar-refractivity contribution in [3.8, 4) is 0 Å². The SMILES string of the molecule is CC(=O)OCC(=O)[C@@]1(O)C(C)C[C@H]2[C@@H]3C(Br)CC4=CC(=O)C=C[C@]4(C)[C@@]3(F)C(O)C[C@@]21C. The van der Waals surface area contributed by atoms with Crippen molar-refractivity contribution in [1.82, 2.24) is 0 Å². The smallest absolute Gasteiger partial charge is 0.303 e. The highest BCUT2D eigenvalue weighted by Gasteiger charge is 2.76. The van der Waals surface area contributed by atoms with E-state index in [2.05, 4.69) is 15.9 Å². The van der Waals surface area contributed by atoms with Gasteiger partial charge in [-0.05, 0) is 50.2 Å². The van der Waals surface area contributed by atoms with Crippen LogP contribution < -0.4 is 0 Å². The van der Waals surface area contributed by atoms with Crippen LogP contribution in [0.1, 0.15) is 47.0 Å². The monoisotopic (exact) mass is 512 g/mol. The first-order chi connectivity index (χ1) is 14.7. The summed E-state index contributed by atoms with van der Waals surface area (Å²) in [5, 5.41) is 23.1. The first-order valence-corrected chi connectivity index (χ1v) is 12.0. The van der Waals surface area contributed by atoms with Gasteiger partial charge in [0.1, 0.15) is 5.60 Å². The molecule has 3 fully saturated rings. The molecule has 0 amide bonds. The number of carbonyl (C=O) groups excluding carboxylic acids is 3. The third kappa shape index (κ3) is 2.78. The van der Waals surface area contributed by atoms with E-state index in [0.29, 0.717) is 18.4 Å². The topological polar surface area (TPSA) is 101 Å². The van der Waals surface area contributed by atoms with Crippen molar-refractivity contribution in [1.29, 1.82) is 0 Å². The van der Waals surface area contributed by atoms with E-state index in [4.69, 9.17) is 4.74 Å². The molecule has 0 aliphatic heterocycles. The molecule has 4 aliphatic carbocycles. The van der Waals surface area contributed by atoms with Gasteiger partial charge in [0.2, 0.25) is 5.78 Å². The van der Waals surface area contributed by atoms with Gasteiger partial charge in [-0.1, -0.05) is 41.4 Å². The molecule has 0 aromatic carbocycles. The Balaban J connectivity index is 1.80. The second-order valence-corrected chi connectivity index (χ2v) is 11.6. The number of hydrogen-bond donors (Lipinski definition) is 2. The average Bonchev–Trinajstić information content (AvgIpc) is 2.89. The molecule has 8 heteroatoms. The predicted octanol–water partition coefficient (Wildman–Crippen LogP) is 2.84. The van der Waals surface area contributed by atoms with Crippen LogP contribution in [-0.2, 0) is 19.1 Å². The number of halogens is 2. The number of Topliss-reactive ketones (excluding diaryl/α,β-unsaturated/α-hetero) is 1. The fourth-order valence-electron chi connectivity index (χ4n) is 7.36. The number of esters is 1. The van der Waals surface area contributed by atoms with E-state index in [9.17, 15) is 24.6 Å². The lowest BCUT2D eigenvalue weighted by Gasteiger charge is -2.63. The van der Waals surface area contributed by atoms with Crippen LogP contribution in [0.25, 0.3) is 0 Å². The van der Waals surface area contributed by atoms with Gasteiger partial charge in [-0.15, -0.1) is 0 Å². The van der Waals surface area contributed by atoms with E-state index < -0.39 is 64.3 Å². The number of aliphatic hydroxyl groups excluding tert-OH is 1. The lowest BCUT2D eigenvalue weighted by molar-refractivity contribution is -0.218. The number of carbonyl (C=O) groups is 3. The Morgan fingerprint density at radius 1 is 1.34 bits per heavy atom. The highest BCUT2D eigenvalue weighted by atomic mass is 79.9. The van der Waals surface area contributed by atoms with E-state index in [0.717, 1.165) is 0 Å². The van der Waals surface area contributed by atoms with Crippen molar-refractivity contribution in [2.45, 2.75) is 69.2 Å². The van der Waals surface area contributed by atoms with Crippen molar-refractivity contribution < 1.29 is 33.7 Å². The Kier molecular flexibility index (Phi) is 5.43. The number of ketones is 2. The van der Waals surface area contributed by atoms with E-state index in [1.165, 1.54) is 19.1 Å². The maximum atomic E-state index is 17.2. The molecular formula is C24H30BrFO6. The summed E-state index contributed by atoms with van der Waals surface area (Å²) < 4.78 is 22.1. The molecule has 9 atom stereocenters. The molecule has 0 radical (unpaired) electrons. The normalized spacial score (nSPS) is 49.6. The Labute approximate surface area is 195 Å². The molecule has 0 spiro atoms. The molecule has 0 heterocycles. The van der Waals surface area contributed by atoms with Crippen LogP contribution in [0.2, 0.25) is 0 Å². The summed E-state index contributed by atoms with van der Waals surface area (Å²) >= 11 is 3.64. The predicted molar refractivity (Wildman–Crippen MR) is 118 cm³/mol. The zero-order valence-corrected chi connectivity index (χ0v) is 20.3. The molecule has 2 N–H and O–H groups in total. The van der Waals surface area contributed by atoms with Gasteiger partial charge in [0, 0.05) is 28.5 Å². The zero-order valence-electron chi connectivity index (χ0n) is 18.7. The van der Waals surface area contributed by atoms with Gasteiger partial charge < -0.3 is 14.9 Å². The number of allylic oxidation sites excluding steroid dienone is 4. The summed E-state index contributed by atoms with van der Waals surface area (Å²) in [5.74, 6) is -3.07. The molecule has 0 aromatic rings. The van der Waals surface area contributed by atoms with E-state index >= 15 is 4.39 Å². The number of ether oxygens (including phenoxy) is 1. The minimum atomic E-state index is -2.09. The van der Waals surface area contributed by atoms with Crippen LogP contribution in [0.15, 0.2) is 23.8 Å². The van der Waals surface area contributed by atoms with Crippen LogP contribution in [0.5, 0.6) is 0 Å². The maximum Gasteiger partial charge on any atom is 0.303 e. The Morgan fingerprint density at radius 3 is 2.62 bits per heavy atom. The number of fused-ring (bicyclic) bond motifs is 5. The summed E-state index contributed by atoms with van der Waals surface area (Å²) in [6.45, 7) is 5.83. The molecular weight excluding hydrogens is 483 g/mol. The molecule has 0 saturated heterocycles. The third-order valence-corrected chi connectivity index (χ3v) is 9.92. The maximum absolute atomic E-state index is 17.2. The largest absolute Gasteiger partial charge is 0.458 e. The van der Waals surface area contributed by atoms with Gasteiger partial charge >= 0.3 is 5.97 Å². The van der Waals surface area contributed by atoms with E-state index in [1.54, 1.807) is 26.8 Å². The van der Waals surface area contributed by atoms with Gasteiger partial charge in [-0.25, -0.2) is 4.39 Å². The molecule has 3 saturated carbocycles. The lowest BCUT2D eigenvalue weighted by atomic mass is 9.44. The van der Waals surface area contributed by atoms with Gasteiger partial charge in [-0.3, -0.25) is 14.4 Å². The van der Waals surface area contributed by atoms with Crippen LogP contribution in [0.4, 0.5) is 4.39 Å². The number of rotatable bonds is 3. The lowest BCUT2D eigenvalue weighted by Crippen LogP contribution is -2.71. The quantitative estimate of drug-likeness (QED) is 0.445. The van der Waals surface area contributed by atoms with Crippen molar-refractivity contribution in [3.05, 3.63) is 23.8 Å². The van der Waals surface area contributed by atoms with Crippen molar-refractivity contribution in [2.75, 3.05) is 6.61 Å². The first-order valence-electron chi connectivity index (χ1n) is 11.1. The van der Waals surface area contributed by atoms with Gasteiger partial charge in [0.15, 0.2) is 18.1 Å². The number of hydrogen-bond acceptors (Lipinski definition) is 6. The van der Waals surface area contributed by atoms with Crippen LogP contribution >= 0.6 is 15.9 Å². The first kappa shape index (κ1) is 23.8. The molecule has 4 rings (SSSR count). The standard InChI is InChI=1S/C24H30BrFO6/c1-12-7-16-20-17(25)9-14-8-15(28)5-6-21(14,3)23(20,26)18(29)10-22(16,4)24(12,31)19(30)11-32-13(2)27/h5-6,8,12,16-18,20,29,31H,7,9-11H2,1-4H3/t12?,16-,17?,18?,20+,21-,22-,23+,24-/m0/s1. The number of aliphatic hydroxyl groups is 2. The Morgan fingerprint density at radius 2 is 2.00 bits per heavy atom. The molecule has 32 heavy (non-hydrogen) atoms. The summed E-state index contributed by atoms with van der Waals surface area (Å²) in [4.78, 5) is 36.0. The molecule has 6 nitrogen and oxygen atoms in total. The molecule has 176 valence electrons. The summed E-state index contributed by atoms with van der Waals surface area (Å²) in [5.41, 5.74) is -5.59. The fourth-order valence-corrected chi connectivity index (χ4v) is 8.46. The zero-order chi connectivity index (χ0) is 23.9. The highest BCUT2D eigenvalue weighted by molar-refractivity contribution is 9.09. The highest BCUT2D eigenvalue weighted by Crippen LogP contribution is 2.71. The second-order valence-electron chi connectivity index (χ2n) is 10.5. The van der Waals surface area contributed by atoms with Crippen molar-refractivity contribution >= 4 is 33.5 Å². The molecule has 3 unspecified atom stereocenters. The minimum Gasteiger partial charge on any atom is -0.458 e. The third-order valence-electron chi connectivity index (χ3n) is 9.03. The minimum absolute atomic E-state index is 0.123. The van der Waals surface area contributed by atoms with E-state index in [1.807, 2.05) is 0 Å². The van der Waals surface area contributed by atoms with Crippen LogP contribution in [0.3, 0.4) is 0 Å². The summed E-state index contributed by atoms with van der Waals surface area (Å²) in [6, 6.07) is 0. The number of alkyl halides is 2. The summed E-state index contributed by atoms with van der Waals surface area (Å²) in [7, 11) is 0. The average molecular weight is 513 g/mol.